The normalized spacial score (nSPS) is 11.5. The first-order chi connectivity index (χ1) is 16.9. The molecule has 0 spiro atoms. The van der Waals surface area contributed by atoms with Crippen molar-refractivity contribution in [2.24, 2.45) is 5.10 Å². The zero-order valence-corrected chi connectivity index (χ0v) is 20.2. The monoisotopic (exact) mass is 508 g/mol. The first-order valence-electron chi connectivity index (χ1n) is 10.5. The number of nitrogens with one attached hydrogen (secondary N) is 1. The van der Waals surface area contributed by atoms with Crippen LogP contribution in [-0.4, -0.2) is 39.2 Å². The molecule has 178 valence electrons. The number of anilines is 1. The molecule has 0 saturated heterocycles. The number of hydrogen-bond donors (Lipinski definition) is 1. The summed E-state index contributed by atoms with van der Waals surface area (Å²) in [4.78, 5) is 17.1. The number of hydrogen-bond acceptors (Lipinski definition) is 6. The molecule has 0 atom stereocenters. The van der Waals surface area contributed by atoms with Gasteiger partial charge >= 0.3 is 0 Å². The van der Waals surface area contributed by atoms with Crippen LogP contribution in [0.25, 0.3) is 10.9 Å². The lowest BCUT2D eigenvalue weighted by Gasteiger charge is -2.23. The van der Waals surface area contributed by atoms with E-state index < -0.39 is 22.5 Å². The molecule has 4 rings (SSSR count). The molecule has 0 aliphatic heterocycles. The van der Waals surface area contributed by atoms with Gasteiger partial charge in [0.1, 0.15) is 17.4 Å². The summed E-state index contributed by atoms with van der Waals surface area (Å²) in [7, 11) is -2.52. The maximum Gasteiger partial charge on any atom is 0.264 e. The molecule has 0 aliphatic carbocycles. The summed E-state index contributed by atoms with van der Waals surface area (Å²) in [6.07, 6.45) is 1.36. The van der Waals surface area contributed by atoms with Gasteiger partial charge in [-0.2, -0.15) is 5.10 Å². The van der Waals surface area contributed by atoms with Crippen molar-refractivity contribution in [2.75, 3.05) is 18.0 Å². The third-order valence-corrected chi connectivity index (χ3v) is 7.17. The Bertz CT molecular complexity index is 1480. The average molecular weight is 509 g/mol. The summed E-state index contributed by atoms with van der Waals surface area (Å²) in [6.45, 7) is -0.495. The summed E-state index contributed by atoms with van der Waals surface area (Å²) >= 11 is 6.22. The fourth-order valence-corrected chi connectivity index (χ4v) is 4.96. The number of rotatable bonds is 8. The first-order valence-corrected chi connectivity index (χ1v) is 12.3. The van der Waals surface area contributed by atoms with Crippen LogP contribution in [0, 0.1) is 0 Å². The number of methoxy groups -OCH3 is 1. The van der Waals surface area contributed by atoms with Crippen LogP contribution >= 0.6 is 11.6 Å². The number of amides is 1. The minimum absolute atomic E-state index is 0.0566. The zero-order valence-electron chi connectivity index (χ0n) is 18.6. The van der Waals surface area contributed by atoms with Crippen molar-refractivity contribution in [3.63, 3.8) is 0 Å². The molecule has 8 nitrogen and oxygen atoms in total. The topological polar surface area (TPSA) is 101 Å². The standard InChI is InChI=1S/C25H21ClN4O4S/c1-34-21-13-11-20(12-14-21)30(35(32,33)22-8-3-2-4-9-22)17-24(31)29-27-16-19-15-18-7-5-6-10-23(18)28-25(19)26/h2-16H,17H2,1H3,(H,29,31). The van der Waals surface area contributed by atoms with Crippen LogP contribution in [0.3, 0.4) is 0 Å². The second-order valence-corrected chi connectivity index (χ2v) is 9.60. The van der Waals surface area contributed by atoms with E-state index in [-0.39, 0.29) is 10.0 Å². The number of sulfonamides is 1. The highest BCUT2D eigenvalue weighted by Gasteiger charge is 2.27. The van der Waals surface area contributed by atoms with Crippen LogP contribution in [0.15, 0.2) is 94.9 Å². The number of nitrogens with zero attached hydrogens (tertiary/aromatic N) is 3. The van der Waals surface area contributed by atoms with Gasteiger partial charge in [0.15, 0.2) is 0 Å². The minimum Gasteiger partial charge on any atom is -0.497 e. The van der Waals surface area contributed by atoms with Gasteiger partial charge < -0.3 is 4.74 Å². The SMILES string of the molecule is COc1ccc(N(CC(=O)NN=Cc2cc3ccccc3nc2Cl)S(=O)(=O)c2ccccc2)cc1. The third kappa shape index (κ3) is 5.59. The lowest BCUT2D eigenvalue weighted by Crippen LogP contribution is -2.39. The van der Waals surface area contributed by atoms with Gasteiger partial charge in [-0.1, -0.05) is 48.0 Å². The molecule has 10 heteroatoms. The van der Waals surface area contributed by atoms with Crippen molar-refractivity contribution in [1.82, 2.24) is 10.4 Å². The fraction of sp³-hybridized carbons (Fsp3) is 0.0800. The van der Waals surface area contributed by atoms with Gasteiger partial charge in [-0.25, -0.2) is 18.8 Å². The number of benzene rings is 3. The fourth-order valence-electron chi connectivity index (χ4n) is 3.32. The summed E-state index contributed by atoms with van der Waals surface area (Å²) < 4.78 is 32.8. The lowest BCUT2D eigenvalue weighted by atomic mass is 10.2. The number of para-hydroxylation sites is 1. The Hall–Kier alpha value is -3.95. The Kier molecular flexibility index (Phi) is 7.28. The van der Waals surface area contributed by atoms with Crippen LogP contribution in [0.5, 0.6) is 5.75 Å². The molecule has 1 heterocycles. The van der Waals surface area contributed by atoms with Crippen LogP contribution in [0.1, 0.15) is 5.56 Å². The zero-order chi connectivity index (χ0) is 24.8. The molecule has 0 saturated carbocycles. The van der Waals surface area contributed by atoms with Gasteiger partial charge in [-0.3, -0.25) is 9.10 Å². The second kappa shape index (κ2) is 10.5. The van der Waals surface area contributed by atoms with Crippen molar-refractivity contribution in [2.45, 2.75) is 4.90 Å². The summed E-state index contributed by atoms with van der Waals surface area (Å²) in [5.41, 5.74) is 3.91. The highest BCUT2D eigenvalue weighted by atomic mass is 35.5. The quantitative estimate of drug-likeness (QED) is 0.218. The predicted octanol–water partition coefficient (Wildman–Crippen LogP) is 4.24. The van der Waals surface area contributed by atoms with Crippen LogP contribution in [-0.2, 0) is 14.8 Å². The van der Waals surface area contributed by atoms with Gasteiger partial charge in [0.05, 0.1) is 29.4 Å². The van der Waals surface area contributed by atoms with Crippen LogP contribution < -0.4 is 14.5 Å². The molecule has 0 unspecified atom stereocenters. The van der Waals surface area contributed by atoms with Crippen molar-refractivity contribution in [3.05, 3.63) is 95.6 Å². The Balaban J connectivity index is 1.56. The van der Waals surface area contributed by atoms with Gasteiger partial charge in [-0.15, -0.1) is 0 Å². The van der Waals surface area contributed by atoms with Gasteiger partial charge in [0.2, 0.25) is 0 Å². The molecule has 4 aromatic rings. The van der Waals surface area contributed by atoms with E-state index in [2.05, 4.69) is 15.5 Å². The summed E-state index contributed by atoms with van der Waals surface area (Å²) in [6, 6.07) is 23.5. The predicted molar refractivity (Wildman–Crippen MR) is 136 cm³/mol. The van der Waals surface area contributed by atoms with Gasteiger partial charge in [0, 0.05) is 10.9 Å². The Morgan fingerprint density at radius 2 is 1.74 bits per heavy atom. The van der Waals surface area contributed by atoms with E-state index in [0.717, 1.165) is 15.2 Å². The maximum atomic E-state index is 13.3. The van der Waals surface area contributed by atoms with E-state index in [9.17, 15) is 13.2 Å². The maximum absolute atomic E-state index is 13.3. The number of aromatic nitrogens is 1. The van der Waals surface area contributed by atoms with Crippen molar-refractivity contribution < 1.29 is 17.9 Å². The van der Waals surface area contributed by atoms with E-state index in [4.69, 9.17) is 16.3 Å². The molecular weight excluding hydrogens is 488 g/mol. The van der Waals surface area contributed by atoms with Crippen molar-refractivity contribution in [3.8, 4) is 5.75 Å². The number of fused-ring (bicyclic) bond motifs is 1. The number of carbonyl (C=O) groups is 1. The first kappa shape index (κ1) is 24.2. The van der Waals surface area contributed by atoms with Crippen molar-refractivity contribution >= 4 is 50.3 Å². The molecule has 3 aromatic carbocycles. The molecular formula is C25H21ClN4O4S. The van der Waals surface area contributed by atoms with Crippen LogP contribution in [0.4, 0.5) is 5.69 Å². The Morgan fingerprint density at radius 3 is 2.46 bits per heavy atom. The molecule has 1 N–H and O–H groups in total. The highest BCUT2D eigenvalue weighted by molar-refractivity contribution is 7.92. The molecule has 0 bridgehead atoms. The second-order valence-electron chi connectivity index (χ2n) is 7.38. The van der Waals surface area contributed by atoms with E-state index >= 15 is 0 Å². The minimum atomic E-state index is -4.03. The number of hydrazone groups is 1. The smallest absolute Gasteiger partial charge is 0.264 e. The Labute approximate surface area is 207 Å². The molecule has 1 amide bonds. The van der Waals surface area contributed by atoms with E-state index in [1.54, 1.807) is 48.5 Å². The van der Waals surface area contributed by atoms with Gasteiger partial charge in [0.25, 0.3) is 15.9 Å². The summed E-state index contributed by atoms with van der Waals surface area (Å²) in [5, 5.41) is 5.04. The molecule has 0 aliphatic rings. The van der Waals surface area contributed by atoms with E-state index in [0.29, 0.717) is 17.0 Å². The van der Waals surface area contributed by atoms with Crippen molar-refractivity contribution in [1.29, 1.82) is 0 Å². The largest absolute Gasteiger partial charge is 0.497 e. The number of halogens is 1. The number of carbonyl (C=O) groups excluding carboxylic acids is 1. The Morgan fingerprint density at radius 1 is 1.06 bits per heavy atom. The van der Waals surface area contributed by atoms with E-state index in [1.807, 2.05) is 24.3 Å². The van der Waals surface area contributed by atoms with E-state index in [1.165, 1.54) is 25.5 Å². The molecule has 1 aromatic heterocycles. The molecule has 35 heavy (non-hydrogen) atoms. The van der Waals surface area contributed by atoms with Gasteiger partial charge in [-0.05, 0) is 48.5 Å². The number of ether oxygens (including phenoxy) is 1. The lowest BCUT2D eigenvalue weighted by molar-refractivity contribution is -0.119. The number of pyridine rings is 1. The third-order valence-electron chi connectivity index (χ3n) is 5.08. The molecule has 0 radical (unpaired) electrons. The average Bonchev–Trinajstić information content (AvgIpc) is 2.88. The molecule has 0 fully saturated rings. The van der Waals surface area contributed by atoms with Crippen LogP contribution in [0.2, 0.25) is 5.15 Å². The summed E-state index contributed by atoms with van der Waals surface area (Å²) in [5.74, 6) is -0.0813. The highest BCUT2D eigenvalue weighted by Crippen LogP contribution is 2.25.